The fourth-order valence-corrected chi connectivity index (χ4v) is 7.01. The molecule has 0 saturated heterocycles. The Hall–Kier alpha value is -1.49. The maximum atomic E-state index is 13.3. The van der Waals surface area contributed by atoms with E-state index in [0.29, 0.717) is 24.0 Å². The lowest BCUT2D eigenvalue weighted by molar-refractivity contribution is -0.150. The summed E-state index contributed by atoms with van der Waals surface area (Å²) in [4.78, 5) is 36.8. The van der Waals surface area contributed by atoms with E-state index in [1.54, 1.807) is 0 Å². The van der Waals surface area contributed by atoms with Crippen molar-refractivity contribution in [2.75, 3.05) is 6.61 Å². The minimum absolute atomic E-state index is 0.0523. The number of fused-ring (bicyclic) bond motifs is 5. The topological polar surface area (TPSA) is 80.7 Å². The van der Waals surface area contributed by atoms with Crippen LogP contribution in [0.3, 0.4) is 0 Å². The van der Waals surface area contributed by atoms with Crippen LogP contribution in [0.4, 0.5) is 0 Å². The summed E-state index contributed by atoms with van der Waals surface area (Å²) in [7, 11) is 0. The SMILES string of the molecule is CC(=O)O[C@@H]1CC[C@H]2C(=CC[C@@H]3[C@@H]2C(=O)C[C@]2(C)[C@@H](C(=O)CO)CC[C@@H]32)C1. The third-order valence-corrected chi connectivity index (χ3v) is 8.02. The maximum Gasteiger partial charge on any atom is 0.302 e. The van der Waals surface area contributed by atoms with E-state index in [-0.39, 0.29) is 41.0 Å². The predicted octanol–water partition coefficient (Wildman–Crippen LogP) is 2.85. The van der Waals surface area contributed by atoms with Crippen molar-refractivity contribution >= 4 is 17.5 Å². The van der Waals surface area contributed by atoms with Crippen molar-refractivity contribution in [2.24, 2.45) is 35.0 Å². The molecule has 0 aromatic carbocycles. The predicted molar refractivity (Wildman–Crippen MR) is 98.6 cm³/mol. The van der Waals surface area contributed by atoms with E-state index in [0.717, 1.165) is 38.5 Å². The molecule has 0 aromatic rings. The van der Waals surface area contributed by atoms with Gasteiger partial charge >= 0.3 is 5.97 Å². The van der Waals surface area contributed by atoms with Crippen molar-refractivity contribution < 1.29 is 24.2 Å². The highest BCUT2D eigenvalue weighted by molar-refractivity contribution is 5.88. The number of esters is 1. The summed E-state index contributed by atoms with van der Waals surface area (Å²) in [6, 6.07) is 0. The van der Waals surface area contributed by atoms with Crippen LogP contribution >= 0.6 is 0 Å². The second-order valence-corrected chi connectivity index (χ2v) is 9.33. The number of hydrogen-bond acceptors (Lipinski definition) is 5. The quantitative estimate of drug-likeness (QED) is 0.607. The van der Waals surface area contributed by atoms with Crippen LogP contribution in [0.5, 0.6) is 0 Å². The lowest BCUT2D eigenvalue weighted by Gasteiger charge is -2.52. The lowest BCUT2D eigenvalue weighted by Crippen LogP contribution is -2.52. The van der Waals surface area contributed by atoms with Crippen LogP contribution in [0.1, 0.15) is 58.8 Å². The molecule has 0 bridgehead atoms. The number of allylic oxidation sites excluding steroid dienone is 1. The molecule has 5 nitrogen and oxygen atoms in total. The number of hydrogen-bond donors (Lipinski definition) is 1. The summed E-state index contributed by atoms with van der Waals surface area (Å²) < 4.78 is 5.42. The number of aliphatic hydroxyl groups excluding tert-OH is 1. The molecule has 1 N–H and O–H groups in total. The monoisotopic (exact) mass is 374 g/mol. The van der Waals surface area contributed by atoms with E-state index in [1.165, 1.54) is 12.5 Å². The molecule has 0 radical (unpaired) electrons. The van der Waals surface area contributed by atoms with Gasteiger partial charge in [0.2, 0.25) is 0 Å². The summed E-state index contributed by atoms with van der Waals surface area (Å²) in [6.07, 6.45) is 7.85. The van der Waals surface area contributed by atoms with Gasteiger partial charge in [-0.15, -0.1) is 0 Å². The second kappa shape index (κ2) is 6.84. The molecule has 3 saturated carbocycles. The molecule has 0 heterocycles. The highest BCUT2D eigenvalue weighted by Gasteiger charge is 2.60. The molecule has 0 aliphatic heterocycles. The smallest absolute Gasteiger partial charge is 0.302 e. The molecule has 4 aliphatic carbocycles. The van der Waals surface area contributed by atoms with Gasteiger partial charge in [0, 0.05) is 31.6 Å². The zero-order valence-electron chi connectivity index (χ0n) is 16.3. The third-order valence-electron chi connectivity index (χ3n) is 8.02. The highest BCUT2D eigenvalue weighted by Crippen LogP contribution is 2.62. The zero-order chi connectivity index (χ0) is 19.3. The first-order valence-corrected chi connectivity index (χ1v) is 10.4. The van der Waals surface area contributed by atoms with Crippen molar-refractivity contribution in [3.05, 3.63) is 11.6 Å². The number of ketones is 2. The fourth-order valence-electron chi connectivity index (χ4n) is 7.01. The molecule has 4 rings (SSSR count). The van der Waals surface area contributed by atoms with E-state index >= 15 is 0 Å². The van der Waals surface area contributed by atoms with Crippen molar-refractivity contribution in [2.45, 2.75) is 64.9 Å². The molecule has 148 valence electrons. The number of rotatable bonds is 3. The van der Waals surface area contributed by atoms with Gasteiger partial charge in [-0.2, -0.15) is 0 Å². The van der Waals surface area contributed by atoms with Gasteiger partial charge in [-0.25, -0.2) is 0 Å². The minimum Gasteiger partial charge on any atom is -0.462 e. The molecule has 0 unspecified atom stereocenters. The molecule has 0 aromatic heterocycles. The summed E-state index contributed by atoms with van der Waals surface area (Å²) in [5.41, 5.74) is 1.00. The van der Waals surface area contributed by atoms with Crippen LogP contribution in [0.25, 0.3) is 0 Å². The van der Waals surface area contributed by atoms with E-state index in [2.05, 4.69) is 13.0 Å². The van der Waals surface area contributed by atoms with Gasteiger partial charge in [-0.3, -0.25) is 14.4 Å². The van der Waals surface area contributed by atoms with Crippen LogP contribution in [0, 0.1) is 35.0 Å². The molecule has 0 spiro atoms. The fraction of sp³-hybridized carbons (Fsp3) is 0.773. The second-order valence-electron chi connectivity index (χ2n) is 9.33. The first kappa shape index (κ1) is 18.9. The van der Waals surface area contributed by atoms with Crippen LogP contribution < -0.4 is 0 Å². The van der Waals surface area contributed by atoms with Gasteiger partial charge in [-0.05, 0) is 55.3 Å². The Morgan fingerprint density at radius 1 is 1.26 bits per heavy atom. The average molecular weight is 374 g/mol. The summed E-state index contributed by atoms with van der Waals surface area (Å²) in [5.74, 6) is 0.823. The first-order valence-electron chi connectivity index (χ1n) is 10.4. The van der Waals surface area contributed by atoms with Crippen molar-refractivity contribution in [3.63, 3.8) is 0 Å². The number of ether oxygens (including phenoxy) is 1. The summed E-state index contributed by atoms with van der Waals surface area (Å²) in [5, 5.41) is 9.36. The largest absolute Gasteiger partial charge is 0.462 e. The van der Waals surface area contributed by atoms with E-state index in [9.17, 15) is 19.5 Å². The summed E-state index contributed by atoms with van der Waals surface area (Å²) in [6.45, 7) is 3.14. The minimum atomic E-state index is -0.417. The Balaban J connectivity index is 1.58. The maximum absolute atomic E-state index is 13.3. The van der Waals surface area contributed by atoms with Crippen molar-refractivity contribution in [1.82, 2.24) is 0 Å². The van der Waals surface area contributed by atoms with Gasteiger partial charge in [-0.1, -0.05) is 18.6 Å². The normalized spacial score (nSPS) is 43.2. The van der Waals surface area contributed by atoms with Crippen LogP contribution in [-0.4, -0.2) is 35.4 Å². The lowest BCUT2D eigenvalue weighted by atomic mass is 9.51. The van der Waals surface area contributed by atoms with Gasteiger partial charge in [0.1, 0.15) is 18.5 Å². The number of Topliss-reactive ketones (excluding diaryl/α,β-unsaturated/α-hetero) is 2. The molecule has 4 aliphatic rings. The number of carbonyl (C=O) groups is 3. The van der Waals surface area contributed by atoms with Gasteiger partial charge in [0.25, 0.3) is 0 Å². The number of aliphatic hydroxyl groups is 1. The van der Waals surface area contributed by atoms with Gasteiger partial charge < -0.3 is 9.84 Å². The van der Waals surface area contributed by atoms with Gasteiger partial charge in [0.15, 0.2) is 5.78 Å². The van der Waals surface area contributed by atoms with E-state index < -0.39 is 6.61 Å². The Morgan fingerprint density at radius 3 is 2.74 bits per heavy atom. The van der Waals surface area contributed by atoms with Crippen LogP contribution in [-0.2, 0) is 19.1 Å². The van der Waals surface area contributed by atoms with E-state index in [4.69, 9.17) is 4.74 Å². The molecule has 7 atom stereocenters. The zero-order valence-corrected chi connectivity index (χ0v) is 16.3. The third kappa shape index (κ3) is 2.98. The van der Waals surface area contributed by atoms with Gasteiger partial charge in [0.05, 0.1) is 0 Å². The van der Waals surface area contributed by atoms with Crippen molar-refractivity contribution in [1.29, 1.82) is 0 Å². The van der Waals surface area contributed by atoms with E-state index in [1.807, 2.05) is 0 Å². The molecular formula is C22H30O5. The standard InChI is InChI=1S/C22H30O5/c1-12(24)27-14-4-6-15-13(9-14)3-5-16-17-7-8-18(20(26)11-23)22(17,2)10-19(25)21(15)16/h3,14-18,21,23H,4-11H2,1-2H3/t14-,15+,16+,17+,18-,21-,22+/m1/s1. The number of carbonyl (C=O) groups excluding carboxylic acids is 3. The first-order chi connectivity index (χ1) is 12.8. The molecular weight excluding hydrogens is 344 g/mol. The summed E-state index contributed by atoms with van der Waals surface area (Å²) >= 11 is 0. The average Bonchev–Trinajstić information content (AvgIpc) is 2.96. The van der Waals surface area contributed by atoms with Crippen LogP contribution in [0.2, 0.25) is 0 Å². The van der Waals surface area contributed by atoms with Crippen LogP contribution in [0.15, 0.2) is 11.6 Å². The van der Waals surface area contributed by atoms with Crippen molar-refractivity contribution in [3.8, 4) is 0 Å². The Bertz CT molecular complexity index is 695. The Labute approximate surface area is 160 Å². The molecule has 27 heavy (non-hydrogen) atoms. The molecule has 3 fully saturated rings. The molecule has 0 amide bonds. The molecule has 5 heteroatoms. The Morgan fingerprint density at radius 2 is 2.04 bits per heavy atom. The Kier molecular flexibility index (Phi) is 4.77. The highest BCUT2D eigenvalue weighted by atomic mass is 16.5.